The van der Waals surface area contributed by atoms with Gasteiger partial charge in [0.15, 0.2) is 0 Å². The molecule has 0 radical (unpaired) electrons. The van der Waals surface area contributed by atoms with Gasteiger partial charge >= 0.3 is 19.8 Å². The number of rotatable bonds is 1. The molecule has 0 saturated heterocycles. The van der Waals surface area contributed by atoms with Crippen molar-refractivity contribution in [3.8, 4) is 0 Å². The second-order valence-electron chi connectivity index (χ2n) is 8.92. The minimum absolute atomic E-state index is 0. The van der Waals surface area contributed by atoms with Gasteiger partial charge in [-0.15, -0.1) is 5.56 Å². The number of carbonyl (C=O) groups is 1. The molecule has 2 heteroatoms. The maximum absolute atomic E-state index is 11.0. The Kier molecular flexibility index (Phi) is 16.2. The molecule has 0 fully saturated rings. The van der Waals surface area contributed by atoms with E-state index in [9.17, 15) is 4.79 Å². The summed E-state index contributed by atoms with van der Waals surface area (Å²) in [6.45, 7) is 17.8. The quantitative estimate of drug-likeness (QED) is 0.149. The Hall–Kier alpha value is -2.81. The molecule has 1 nitrogen and oxygen atoms in total. The van der Waals surface area contributed by atoms with Crippen molar-refractivity contribution in [3.05, 3.63) is 141 Å². The first-order valence-electron chi connectivity index (χ1n) is 11.8. The number of Topliss-reactive ketones (excluding diaryl/α,β-unsaturated/α-hetero) is 1. The van der Waals surface area contributed by atoms with E-state index < -0.39 is 0 Å². The van der Waals surface area contributed by atoms with Crippen LogP contribution >= 0.6 is 0 Å². The van der Waals surface area contributed by atoms with Crippen LogP contribution in [-0.2, 0) is 19.8 Å². The van der Waals surface area contributed by atoms with Crippen LogP contribution in [0.25, 0.3) is 0 Å². The van der Waals surface area contributed by atoms with Crippen LogP contribution in [0.15, 0.2) is 66.7 Å². The van der Waals surface area contributed by atoms with Crippen LogP contribution in [0.1, 0.15) is 61.8 Å². The summed E-state index contributed by atoms with van der Waals surface area (Å²) in [4.78, 5) is 11.0. The maximum atomic E-state index is 11.0. The Balaban J connectivity index is 0.000000454. The zero-order chi connectivity index (χ0) is 26.4. The maximum Gasteiger partial charge on any atom is 4.00 e. The topological polar surface area (TPSA) is 17.1 Å². The Morgan fingerprint density at radius 1 is 0.528 bits per heavy atom. The van der Waals surface area contributed by atoms with Crippen LogP contribution in [0.2, 0.25) is 0 Å². The number of benzene rings is 4. The monoisotopic (exact) mass is 654 g/mol. The molecule has 188 valence electrons. The molecule has 4 aromatic carbocycles. The van der Waals surface area contributed by atoms with Gasteiger partial charge in [-0.3, -0.25) is 4.79 Å². The van der Waals surface area contributed by atoms with Gasteiger partial charge in [0.05, 0.1) is 0 Å². The van der Waals surface area contributed by atoms with E-state index in [4.69, 9.17) is 0 Å². The van der Waals surface area contributed by atoms with Crippen molar-refractivity contribution < 1.29 is 24.6 Å². The first kappa shape index (κ1) is 33.2. The summed E-state index contributed by atoms with van der Waals surface area (Å²) in [5, 5.41) is 0. The minimum Gasteiger partial charge on any atom is -0.297 e. The molecule has 0 unspecified atom stereocenters. The van der Waals surface area contributed by atoms with Gasteiger partial charge in [0.25, 0.3) is 0 Å². The molecule has 0 saturated carbocycles. The molecule has 0 amide bonds. The van der Waals surface area contributed by atoms with Crippen LogP contribution in [0.5, 0.6) is 0 Å². The normalized spacial score (nSPS) is 9.14. The van der Waals surface area contributed by atoms with E-state index in [1.165, 1.54) is 33.4 Å². The molecule has 36 heavy (non-hydrogen) atoms. The van der Waals surface area contributed by atoms with Crippen LogP contribution < -0.4 is 0 Å². The molecule has 0 N–H and O–H groups in total. The van der Waals surface area contributed by atoms with Gasteiger partial charge in [0, 0.05) is 0 Å². The Morgan fingerprint density at radius 3 is 1.08 bits per heavy atom. The van der Waals surface area contributed by atoms with Crippen LogP contribution in [0.4, 0.5) is 0 Å². The second-order valence-corrected chi connectivity index (χ2v) is 8.92. The first-order valence-corrected chi connectivity index (χ1v) is 11.8. The van der Waals surface area contributed by atoms with Crippen molar-refractivity contribution >= 4 is 5.78 Å². The van der Waals surface area contributed by atoms with Crippen molar-refractivity contribution in [3.63, 3.8) is 0 Å². The molecular weight excluding hydrogens is 615 g/mol. The summed E-state index contributed by atoms with van der Waals surface area (Å²) >= 11 is 0. The van der Waals surface area contributed by atoms with Gasteiger partial charge in [-0.05, 0) is 6.92 Å². The summed E-state index contributed by atoms with van der Waals surface area (Å²) in [6.07, 6.45) is 0. The largest absolute Gasteiger partial charge is 4.00 e. The summed E-state index contributed by atoms with van der Waals surface area (Å²) in [5.41, 5.74) is 10.3. The summed E-state index contributed by atoms with van der Waals surface area (Å²) in [7, 11) is 0. The van der Waals surface area contributed by atoms with Crippen LogP contribution in [-0.4, -0.2) is 5.78 Å². The summed E-state index contributed by atoms with van der Waals surface area (Å²) < 4.78 is 0. The zero-order valence-electron chi connectivity index (χ0n) is 23.1. The van der Waals surface area contributed by atoms with E-state index in [2.05, 4.69) is 81.4 Å². The average Bonchev–Trinajstić information content (AvgIpc) is 2.82. The summed E-state index contributed by atoms with van der Waals surface area (Å²) in [5.74, 6) is 0.125. The SMILES string of the molecule is CC(=O)c1cc(C)[c-]cc1C.Cc1[c-]cc(C)cc1.Cc1[c-]cc(C)cc1.Cc1[c-]cc(C)cc1.[Os+4]. The molecule has 0 aliphatic carbocycles. The number of aryl methyl sites for hydroxylation is 8. The average molecular weight is 653 g/mol. The van der Waals surface area contributed by atoms with E-state index in [1.54, 1.807) is 6.92 Å². The predicted octanol–water partition coefficient (Wildman–Crippen LogP) is 8.61. The fraction of sp³-hybridized carbons (Fsp3) is 0.265. The molecule has 0 aliphatic heterocycles. The molecular formula is C34H38OOs. The molecule has 0 atom stereocenters. The van der Waals surface area contributed by atoms with Gasteiger partial charge in [0.2, 0.25) is 0 Å². The molecule has 4 aromatic rings. The van der Waals surface area contributed by atoms with Crippen molar-refractivity contribution in [2.45, 2.75) is 62.3 Å². The van der Waals surface area contributed by atoms with Crippen molar-refractivity contribution in [1.82, 2.24) is 0 Å². The standard InChI is InChI=1S/C10H11O.3C8H9.Os/c1-7-4-5-8(2)10(6-7)9(3)11;3*1-7-3-5-8(2)6-4-7;/h5-6H,1-3H3;3*3-5H,1-2H3;/q4*-1;+4. The van der Waals surface area contributed by atoms with E-state index in [-0.39, 0.29) is 25.6 Å². The van der Waals surface area contributed by atoms with Crippen LogP contribution in [0.3, 0.4) is 0 Å². The van der Waals surface area contributed by atoms with Crippen molar-refractivity contribution in [2.24, 2.45) is 0 Å². The van der Waals surface area contributed by atoms with Gasteiger partial charge in [-0.2, -0.15) is 130 Å². The van der Waals surface area contributed by atoms with Crippen molar-refractivity contribution in [1.29, 1.82) is 0 Å². The number of hydrogen-bond donors (Lipinski definition) is 0. The molecule has 0 aliphatic rings. The van der Waals surface area contributed by atoms with E-state index in [0.29, 0.717) is 0 Å². The smallest absolute Gasteiger partial charge is 0.297 e. The Labute approximate surface area is 233 Å². The van der Waals surface area contributed by atoms with E-state index in [1.807, 2.05) is 65.0 Å². The van der Waals surface area contributed by atoms with Crippen molar-refractivity contribution in [2.75, 3.05) is 0 Å². The fourth-order valence-corrected chi connectivity index (χ4v) is 2.79. The second kappa shape index (κ2) is 17.6. The fourth-order valence-electron chi connectivity index (χ4n) is 2.79. The third kappa shape index (κ3) is 14.6. The molecule has 0 spiro atoms. The van der Waals surface area contributed by atoms with Crippen LogP contribution in [0, 0.1) is 79.7 Å². The first-order chi connectivity index (χ1) is 16.5. The molecule has 0 bridgehead atoms. The van der Waals surface area contributed by atoms with E-state index >= 15 is 0 Å². The van der Waals surface area contributed by atoms with Gasteiger partial charge in [0.1, 0.15) is 5.78 Å². The third-order valence-corrected chi connectivity index (χ3v) is 5.05. The number of carbonyl (C=O) groups excluding carboxylic acids is 1. The van der Waals surface area contributed by atoms with Gasteiger partial charge in [-0.25, -0.2) is 0 Å². The van der Waals surface area contributed by atoms with E-state index in [0.717, 1.165) is 16.7 Å². The molecule has 0 heterocycles. The molecule has 0 aromatic heterocycles. The Bertz CT molecular complexity index is 989. The molecule has 4 rings (SSSR count). The minimum atomic E-state index is 0. The third-order valence-electron chi connectivity index (χ3n) is 5.05. The Morgan fingerprint density at radius 2 is 0.861 bits per heavy atom. The van der Waals surface area contributed by atoms with Gasteiger partial charge in [-0.1, -0.05) is 61.0 Å². The predicted molar refractivity (Wildman–Crippen MR) is 149 cm³/mol. The number of hydrogen-bond acceptors (Lipinski definition) is 1. The summed E-state index contributed by atoms with van der Waals surface area (Å²) in [6, 6.07) is 34.5. The zero-order valence-corrected chi connectivity index (χ0v) is 25.7. The number of ketones is 1. The van der Waals surface area contributed by atoms with Gasteiger partial charge < -0.3 is 0 Å².